The van der Waals surface area contributed by atoms with E-state index in [9.17, 15) is 18.7 Å². The van der Waals surface area contributed by atoms with E-state index in [1.165, 1.54) is 12.1 Å². The SMILES string of the molecule is N#Cc1cccc(C(F)(F)C(=O)[O-])n1.[Li+]. The zero-order chi connectivity index (χ0) is 10.8. The molecule has 7 heteroatoms. The molecular formula is C8H3F2LiN2O2. The number of nitrogens with zero attached hydrogens (tertiary/aromatic N) is 2. The molecule has 0 aliphatic rings. The summed E-state index contributed by atoms with van der Waals surface area (Å²) in [5.74, 6) is -6.72. The number of aromatic nitrogens is 1. The third-order valence-corrected chi connectivity index (χ3v) is 1.44. The molecular weight excluding hydrogens is 201 g/mol. The molecule has 0 spiro atoms. The van der Waals surface area contributed by atoms with Crippen molar-refractivity contribution in [1.29, 1.82) is 5.26 Å². The number of alkyl halides is 2. The van der Waals surface area contributed by atoms with Crippen LogP contribution in [0.15, 0.2) is 18.2 Å². The van der Waals surface area contributed by atoms with E-state index in [2.05, 4.69) is 4.98 Å². The van der Waals surface area contributed by atoms with Gasteiger partial charge >= 0.3 is 24.8 Å². The van der Waals surface area contributed by atoms with Gasteiger partial charge in [0.05, 0.1) is 0 Å². The first-order chi connectivity index (χ1) is 6.48. The fourth-order valence-corrected chi connectivity index (χ4v) is 0.776. The predicted octanol–water partition coefficient (Wildman–Crippen LogP) is -3.20. The van der Waals surface area contributed by atoms with Crippen molar-refractivity contribution in [2.24, 2.45) is 0 Å². The Hall–Kier alpha value is -1.43. The van der Waals surface area contributed by atoms with Crippen molar-refractivity contribution < 1.29 is 37.5 Å². The molecule has 0 aliphatic heterocycles. The molecule has 0 aliphatic carbocycles. The van der Waals surface area contributed by atoms with Crippen molar-refractivity contribution in [3.8, 4) is 6.07 Å². The van der Waals surface area contributed by atoms with Gasteiger partial charge in [0.25, 0.3) is 0 Å². The largest absolute Gasteiger partial charge is 1.00 e. The predicted molar refractivity (Wildman–Crippen MR) is 37.9 cm³/mol. The zero-order valence-electron chi connectivity index (χ0n) is 7.70. The van der Waals surface area contributed by atoms with Crippen LogP contribution >= 0.6 is 0 Å². The van der Waals surface area contributed by atoms with Crippen molar-refractivity contribution in [2.75, 3.05) is 0 Å². The average molecular weight is 204 g/mol. The van der Waals surface area contributed by atoms with Gasteiger partial charge in [0, 0.05) is 0 Å². The van der Waals surface area contributed by atoms with E-state index in [-0.39, 0.29) is 24.6 Å². The van der Waals surface area contributed by atoms with Gasteiger partial charge in [0.15, 0.2) is 0 Å². The molecule has 1 aromatic rings. The van der Waals surface area contributed by atoms with E-state index >= 15 is 0 Å². The number of nitriles is 1. The van der Waals surface area contributed by atoms with Gasteiger partial charge in [-0.05, 0) is 12.1 Å². The summed E-state index contributed by atoms with van der Waals surface area (Å²) in [5.41, 5.74) is -1.28. The second-order valence-corrected chi connectivity index (χ2v) is 2.38. The Morgan fingerprint density at radius 2 is 2.13 bits per heavy atom. The van der Waals surface area contributed by atoms with Crippen molar-refractivity contribution in [1.82, 2.24) is 4.98 Å². The smallest absolute Gasteiger partial charge is 0.544 e. The molecule has 0 aromatic carbocycles. The molecule has 15 heavy (non-hydrogen) atoms. The number of carbonyl (C=O) groups excluding carboxylic acids is 1. The molecule has 0 atom stereocenters. The summed E-state index contributed by atoms with van der Waals surface area (Å²) in [7, 11) is 0. The van der Waals surface area contributed by atoms with Gasteiger partial charge in [-0.25, -0.2) is 4.98 Å². The van der Waals surface area contributed by atoms with Crippen molar-refractivity contribution in [2.45, 2.75) is 5.92 Å². The van der Waals surface area contributed by atoms with E-state index in [1.54, 1.807) is 0 Å². The van der Waals surface area contributed by atoms with E-state index in [0.29, 0.717) is 0 Å². The topological polar surface area (TPSA) is 76.8 Å². The Labute approximate surface area is 95.7 Å². The Balaban J connectivity index is 0.00000196. The molecule has 0 N–H and O–H groups in total. The van der Waals surface area contributed by atoms with Crippen molar-refractivity contribution in [3.05, 3.63) is 29.6 Å². The summed E-state index contributed by atoms with van der Waals surface area (Å²) in [6.07, 6.45) is 0. The Bertz CT molecular complexity index is 417. The zero-order valence-corrected chi connectivity index (χ0v) is 7.70. The Kier molecular flexibility index (Phi) is 4.41. The summed E-state index contributed by atoms with van der Waals surface area (Å²) in [5, 5.41) is 18.4. The number of halogens is 2. The second kappa shape index (κ2) is 4.88. The number of pyridine rings is 1. The van der Waals surface area contributed by atoms with Gasteiger partial charge in [-0.3, -0.25) is 0 Å². The number of carbonyl (C=O) groups is 1. The Morgan fingerprint density at radius 1 is 1.53 bits per heavy atom. The average Bonchev–Trinajstić information content (AvgIpc) is 2.17. The van der Waals surface area contributed by atoms with E-state index < -0.39 is 17.6 Å². The van der Waals surface area contributed by atoms with Crippen LogP contribution in [0.1, 0.15) is 11.4 Å². The first-order valence-electron chi connectivity index (χ1n) is 3.45. The van der Waals surface area contributed by atoms with Crippen LogP contribution in [0.25, 0.3) is 0 Å². The second-order valence-electron chi connectivity index (χ2n) is 2.38. The molecule has 4 nitrogen and oxygen atoms in total. The fourth-order valence-electron chi connectivity index (χ4n) is 0.776. The first-order valence-corrected chi connectivity index (χ1v) is 3.45. The maximum absolute atomic E-state index is 12.8. The summed E-state index contributed by atoms with van der Waals surface area (Å²) >= 11 is 0. The van der Waals surface area contributed by atoms with Gasteiger partial charge in [0.1, 0.15) is 23.4 Å². The summed E-state index contributed by atoms with van der Waals surface area (Å²) in [6, 6.07) is 4.65. The number of rotatable bonds is 2. The molecule has 0 bridgehead atoms. The van der Waals surface area contributed by atoms with Crippen LogP contribution in [0.5, 0.6) is 0 Å². The van der Waals surface area contributed by atoms with Gasteiger partial charge in [0.2, 0.25) is 0 Å². The fraction of sp³-hybridized carbons (Fsp3) is 0.125. The standard InChI is InChI=1S/C8H4F2N2O2.Li/c9-8(10,7(13)14)6-3-1-2-5(4-11)12-6;/h1-3H,(H,13,14);/q;+1/p-1. The molecule has 0 saturated heterocycles. The molecule has 0 saturated carbocycles. The minimum Gasteiger partial charge on any atom is -0.544 e. The van der Waals surface area contributed by atoms with Crippen LogP contribution in [-0.4, -0.2) is 11.0 Å². The number of carboxylic acids is 1. The summed E-state index contributed by atoms with van der Waals surface area (Å²) in [4.78, 5) is 13.2. The van der Waals surface area contributed by atoms with Gasteiger partial charge in [-0.2, -0.15) is 14.0 Å². The molecule has 72 valence electrons. The molecule has 1 aromatic heterocycles. The maximum atomic E-state index is 12.8. The van der Waals surface area contributed by atoms with Crippen LogP contribution in [0, 0.1) is 11.3 Å². The molecule has 0 amide bonds. The van der Waals surface area contributed by atoms with Gasteiger partial charge in [-0.15, -0.1) is 0 Å². The minimum atomic E-state index is -4.17. The third kappa shape index (κ3) is 2.76. The van der Waals surface area contributed by atoms with Crippen LogP contribution in [0.2, 0.25) is 0 Å². The van der Waals surface area contributed by atoms with Crippen LogP contribution in [0.4, 0.5) is 8.78 Å². The third-order valence-electron chi connectivity index (χ3n) is 1.44. The van der Waals surface area contributed by atoms with E-state index in [1.807, 2.05) is 0 Å². The molecule has 0 fully saturated rings. The molecule has 0 unspecified atom stereocenters. The molecule has 1 rings (SSSR count). The minimum absolute atomic E-state index is 0. The number of carboxylic acid groups (broad SMARTS) is 1. The Morgan fingerprint density at radius 3 is 2.60 bits per heavy atom. The molecule has 1 heterocycles. The van der Waals surface area contributed by atoms with Crippen LogP contribution in [0.3, 0.4) is 0 Å². The summed E-state index contributed by atoms with van der Waals surface area (Å²) < 4.78 is 25.5. The van der Waals surface area contributed by atoms with Crippen molar-refractivity contribution in [3.63, 3.8) is 0 Å². The maximum Gasteiger partial charge on any atom is 1.00 e. The van der Waals surface area contributed by atoms with Crippen molar-refractivity contribution >= 4 is 5.97 Å². The van der Waals surface area contributed by atoms with E-state index in [4.69, 9.17) is 5.26 Å². The van der Waals surface area contributed by atoms with Gasteiger partial charge in [-0.1, -0.05) is 6.07 Å². The monoisotopic (exact) mass is 204 g/mol. The van der Waals surface area contributed by atoms with E-state index in [0.717, 1.165) is 12.1 Å². The number of hydrogen-bond acceptors (Lipinski definition) is 4. The number of hydrogen-bond donors (Lipinski definition) is 0. The quantitative estimate of drug-likeness (QED) is 0.475. The summed E-state index contributed by atoms with van der Waals surface area (Å²) in [6.45, 7) is 0. The van der Waals surface area contributed by atoms with Crippen LogP contribution in [-0.2, 0) is 10.7 Å². The molecule has 0 radical (unpaired) electrons. The first kappa shape index (κ1) is 13.6. The number of aliphatic carboxylic acids is 1. The van der Waals surface area contributed by atoms with Crippen LogP contribution < -0.4 is 24.0 Å². The normalized spacial score (nSPS) is 9.93. The van der Waals surface area contributed by atoms with Gasteiger partial charge < -0.3 is 9.90 Å².